The van der Waals surface area contributed by atoms with Crippen LogP contribution in [-0.2, 0) is 20.6 Å². The Hall–Kier alpha value is -1.93. The van der Waals surface area contributed by atoms with Crippen LogP contribution in [0.3, 0.4) is 0 Å². The Kier molecular flexibility index (Phi) is 3.88. The Morgan fingerprint density at radius 1 is 1.32 bits per heavy atom. The van der Waals surface area contributed by atoms with Crippen molar-refractivity contribution in [1.82, 2.24) is 23.6 Å². The van der Waals surface area contributed by atoms with E-state index in [2.05, 4.69) is 9.88 Å². The van der Waals surface area contributed by atoms with Crippen LogP contribution >= 0.6 is 0 Å². The third kappa shape index (κ3) is 2.48. The van der Waals surface area contributed by atoms with Gasteiger partial charge in [-0.3, -0.25) is 13.9 Å². The molecule has 1 N–H and O–H groups in total. The number of aliphatic hydroxyl groups is 1. The second-order valence-corrected chi connectivity index (χ2v) is 5.92. The van der Waals surface area contributed by atoms with Crippen molar-refractivity contribution in [3.8, 4) is 0 Å². The van der Waals surface area contributed by atoms with Crippen LogP contribution in [0.5, 0.6) is 0 Å². The number of aryl methyl sites for hydroxylation is 2. The first kappa shape index (κ1) is 15.0. The minimum Gasteiger partial charge on any atom is -0.392 e. The van der Waals surface area contributed by atoms with Gasteiger partial charge in [0.1, 0.15) is 0 Å². The van der Waals surface area contributed by atoms with Gasteiger partial charge in [-0.2, -0.15) is 0 Å². The van der Waals surface area contributed by atoms with Crippen molar-refractivity contribution < 1.29 is 5.11 Å². The zero-order chi connectivity index (χ0) is 15.9. The van der Waals surface area contributed by atoms with Crippen LogP contribution in [0.4, 0.5) is 0 Å². The second kappa shape index (κ2) is 5.69. The predicted octanol–water partition coefficient (Wildman–Crippen LogP) is -1.11. The molecule has 1 aliphatic rings. The molecule has 0 bridgehead atoms. The molecule has 1 saturated heterocycles. The van der Waals surface area contributed by atoms with E-state index in [-0.39, 0.29) is 17.4 Å². The minimum atomic E-state index is -0.336. The van der Waals surface area contributed by atoms with Crippen LogP contribution in [0.2, 0.25) is 0 Å². The Balaban J connectivity index is 1.83. The summed E-state index contributed by atoms with van der Waals surface area (Å²) in [6, 6.07) is 0. The lowest BCUT2D eigenvalue weighted by molar-refractivity contribution is 0.175. The Bertz CT molecular complexity index is 803. The number of β-amino-alcohol motifs (C(OH)–C–C–N with tert-alkyl or cyclic N) is 1. The van der Waals surface area contributed by atoms with Crippen molar-refractivity contribution in [2.75, 3.05) is 19.6 Å². The molecular formula is C14H21N5O3. The first-order chi connectivity index (χ1) is 10.5. The number of nitrogens with zero attached hydrogens (tertiary/aromatic N) is 5. The van der Waals surface area contributed by atoms with Gasteiger partial charge in [-0.15, -0.1) is 0 Å². The molecule has 1 atom stereocenters. The van der Waals surface area contributed by atoms with Gasteiger partial charge in [0, 0.05) is 33.7 Å². The summed E-state index contributed by atoms with van der Waals surface area (Å²) in [5.41, 5.74) is 0.229. The van der Waals surface area contributed by atoms with Gasteiger partial charge >= 0.3 is 5.69 Å². The molecule has 0 radical (unpaired) electrons. The van der Waals surface area contributed by atoms with Crippen molar-refractivity contribution >= 4 is 11.2 Å². The van der Waals surface area contributed by atoms with Gasteiger partial charge in [0.05, 0.1) is 12.4 Å². The number of rotatable bonds is 4. The molecule has 0 unspecified atom stereocenters. The van der Waals surface area contributed by atoms with Crippen molar-refractivity contribution in [1.29, 1.82) is 0 Å². The molecule has 0 saturated carbocycles. The zero-order valence-corrected chi connectivity index (χ0v) is 12.9. The van der Waals surface area contributed by atoms with Crippen LogP contribution in [0.25, 0.3) is 11.2 Å². The normalized spacial score (nSPS) is 19.3. The van der Waals surface area contributed by atoms with Crippen molar-refractivity contribution in [2.24, 2.45) is 14.1 Å². The van der Waals surface area contributed by atoms with Gasteiger partial charge in [-0.1, -0.05) is 0 Å². The average molecular weight is 307 g/mol. The SMILES string of the molecule is Cn1cnc2c1c(=O)n(CCCN1CC[C@H](O)C1)c(=O)n2C. The van der Waals surface area contributed by atoms with E-state index in [0.29, 0.717) is 30.7 Å². The zero-order valence-electron chi connectivity index (χ0n) is 12.9. The molecule has 0 amide bonds. The maximum absolute atomic E-state index is 12.5. The number of fused-ring (bicyclic) bond motifs is 1. The number of hydrogen-bond acceptors (Lipinski definition) is 5. The molecule has 0 aliphatic carbocycles. The maximum Gasteiger partial charge on any atom is 0.332 e. The molecular weight excluding hydrogens is 286 g/mol. The van der Waals surface area contributed by atoms with E-state index < -0.39 is 0 Å². The highest BCUT2D eigenvalue weighted by molar-refractivity contribution is 5.69. The summed E-state index contributed by atoms with van der Waals surface area (Å²) >= 11 is 0. The lowest BCUT2D eigenvalue weighted by Crippen LogP contribution is -2.40. The summed E-state index contributed by atoms with van der Waals surface area (Å²) in [6.45, 7) is 2.69. The summed E-state index contributed by atoms with van der Waals surface area (Å²) in [7, 11) is 3.38. The fourth-order valence-corrected chi connectivity index (χ4v) is 3.06. The van der Waals surface area contributed by atoms with Crippen molar-refractivity contribution in [3.05, 3.63) is 27.2 Å². The van der Waals surface area contributed by atoms with Crippen molar-refractivity contribution in [2.45, 2.75) is 25.5 Å². The van der Waals surface area contributed by atoms with E-state index in [1.807, 2.05) is 0 Å². The van der Waals surface area contributed by atoms with Crippen LogP contribution in [0.15, 0.2) is 15.9 Å². The molecule has 120 valence electrons. The molecule has 2 aromatic rings. The highest BCUT2D eigenvalue weighted by Crippen LogP contribution is 2.09. The van der Waals surface area contributed by atoms with Gasteiger partial charge in [-0.25, -0.2) is 9.78 Å². The molecule has 22 heavy (non-hydrogen) atoms. The molecule has 3 heterocycles. The Morgan fingerprint density at radius 2 is 2.09 bits per heavy atom. The minimum absolute atomic E-state index is 0.249. The average Bonchev–Trinajstić information content (AvgIpc) is 3.06. The lowest BCUT2D eigenvalue weighted by atomic mass is 10.3. The molecule has 0 aromatic carbocycles. The van der Waals surface area contributed by atoms with Gasteiger partial charge < -0.3 is 14.6 Å². The molecule has 8 heteroatoms. The van der Waals surface area contributed by atoms with Crippen LogP contribution in [0.1, 0.15) is 12.8 Å². The fraction of sp³-hybridized carbons (Fsp3) is 0.643. The fourth-order valence-electron chi connectivity index (χ4n) is 3.06. The van der Waals surface area contributed by atoms with E-state index in [4.69, 9.17) is 0 Å². The van der Waals surface area contributed by atoms with Crippen LogP contribution in [-0.4, -0.2) is 54.4 Å². The summed E-state index contributed by atoms with van der Waals surface area (Å²) in [5.74, 6) is 0. The molecule has 8 nitrogen and oxygen atoms in total. The van der Waals surface area contributed by atoms with E-state index in [9.17, 15) is 14.7 Å². The predicted molar refractivity (Wildman–Crippen MR) is 81.9 cm³/mol. The summed E-state index contributed by atoms with van der Waals surface area (Å²) in [5, 5.41) is 9.51. The summed E-state index contributed by atoms with van der Waals surface area (Å²) < 4.78 is 4.33. The third-order valence-electron chi connectivity index (χ3n) is 4.30. The van der Waals surface area contributed by atoms with Gasteiger partial charge in [0.2, 0.25) is 0 Å². The van der Waals surface area contributed by atoms with E-state index in [0.717, 1.165) is 19.5 Å². The second-order valence-electron chi connectivity index (χ2n) is 5.92. The number of aliphatic hydroxyl groups excluding tert-OH is 1. The van der Waals surface area contributed by atoms with Gasteiger partial charge in [0.25, 0.3) is 5.56 Å². The monoisotopic (exact) mass is 307 g/mol. The van der Waals surface area contributed by atoms with E-state index in [1.54, 1.807) is 25.0 Å². The van der Waals surface area contributed by atoms with Crippen LogP contribution < -0.4 is 11.2 Å². The summed E-state index contributed by atoms with van der Waals surface area (Å²) in [6.07, 6.45) is 2.79. The number of likely N-dealkylation sites (tertiary alicyclic amines) is 1. The largest absolute Gasteiger partial charge is 0.392 e. The standard InChI is InChI=1S/C14H21N5O3/c1-16-9-15-12-11(16)13(21)19(14(22)17(12)2)6-3-5-18-7-4-10(20)8-18/h9-10,20H,3-8H2,1-2H3/t10-/m0/s1. The van der Waals surface area contributed by atoms with E-state index in [1.165, 1.54) is 9.13 Å². The number of hydrogen-bond donors (Lipinski definition) is 1. The smallest absolute Gasteiger partial charge is 0.332 e. The first-order valence-electron chi connectivity index (χ1n) is 7.50. The van der Waals surface area contributed by atoms with E-state index >= 15 is 0 Å². The highest BCUT2D eigenvalue weighted by Gasteiger charge is 2.20. The highest BCUT2D eigenvalue weighted by atomic mass is 16.3. The third-order valence-corrected chi connectivity index (χ3v) is 4.30. The van der Waals surface area contributed by atoms with Gasteiger partial charge in [-0.05, 0) is 19.4 Å². The molecule has 0 spiro atoms. The van der Waals surface area contributed by atoms with Gasteiger partial charge in [0.15, 0.2) is 11.2 Å². The molecule has 2 aromatic heterocycles. The molecule has 1 aliphatic heterocycles. The number of imidazole rings is 1. The Labute approximate surface area is 127 Å². The van der Waals surface area contributed by atoms with Crippen LogP contribution in [0, 0.1) is 0 Å². The quantitative estimate of drug-likeness (QED) is 0.774. The molecule has 3 rings (SSSR count). The Morgan fingerprint density at radius 3 is 2.77 bits per heavy atom. The number of aromatic nitrogens is 4. The molecule has 1 fully saturated rings. The van der Waals surface area contributed by atoms with Crippen molar-refractivity contribution in [3.63, 3.8) is 0 Å². The maximum atomic E-state index is 12.5. The first-order valence-corrected chi connectivity index (χ1v) is 7.50. The topological polar surface area (TPSA) is 85.3 Å². The summed E-state index contributed by atoms with van der Waals surface area (Å²) in [4.78, 5) is 31.1. The lowest BCUT2D eigenvalue weighted by Gasteiger charge is -2.15.